The van der Waals surface area contributed by atoms with Crippen molar-refractivity contribution >= 4 is 11.6 Å². The van der Waals surface area contributed by atoms with Gasteiger partial charge in [-0.15, -0.1) is 10.2 Å². The number of aromatic nitrogens is 4. The fraction of sp³-hybridized carbons (Fsp3) is 0.455. The van der Waals surface area contributed by atoms with Gasteiger partial charge in [-0.05, 0) is 6.92 Å². The molecule has 0 radical (unpaired) electrons. The molecule has 0 amide bonds. The van der Waals surface area contributed by atoms with Crippen molar-refractivity contribution < 1.29 is 14.6 Å². The Bertz CT molecular complexity index is 626. The zero-order valence-electron chi connectivity index (χ0n) is 10.3. The van der Waals surface area contributed by atoms with Crippen LogP contribution >= 0.6 is 0 Å². The third-order valence-corrected chi connectivity index (χ3v) is 3.13. The largest absolute Gasteiger partial charge is 0.480 e. The van der Waals surface area contributed by atoms with E-state index in [1.54, 1.807) is 16.8 Å². The smallest absolute Gasteiger partial charge is 0.320 e. The monoisotopic (exact) mass is 263 g/mol. The maximum absolute atomic E-state index is 10.9. The summed E-state index contributed by atoms with van der Waals surface area (Å²) < 4.78 is 7.50. The van der Waals surface area contributed by atoms with E-state index in [4.69, 9.17) is 9.84 Å². The summed E-state index contributed by atoms with van der Waals surface area (Å²) in [4.78, 5) is 15.0. The Morgan fingerprint density at radius 1 is 1.58 bits per heavy atom. The second-order valence-corrected chi connectivity index (χ2v) is 4.45. The normalized spacial score (nSPS) is 22.8. The lowest BCUT2D eigenvalue weighted by Gasteiger charge is -2.11. The van der Waals surface area contributed by atoms with Gasteiger partial charge in [-0.1, -0.05) is 0 Å². The third kappa shape index (κ3) is 2.10. The van der Waals surface area contributed by atoms with Crippen LogP contribution in [-0.4, -0.2) is 49.3 Å². The molecule has 1 saturated heterocycles. The number of carboxylic acid groups (broad SMARTS) is 1. The molecule has 19 heavy (non-hydrogen) atoms. The molecule has 1 fully saturated rings. The molecule has 8 nitrogen and oxygen atoms in total. The molecule has 100 valence electrons. The maximum Gasteiger partial charge on any atom is 0.320 e. The average Bonchev–Trinajstić information content (AvgIpc) is 2.98. The predicted molar refractivity (Wildman–Crippen MR) is 64.0 cm³/mol. The first-order valence-electron chi connectivity index (χ1n) is 5.94. The van der Waals surface area contributed by atoms with Gasteiger partial charge in [-0.2, -0.15) is 0 Å². The van der Waals surface area contributed by atoms with Crippen LogP contribution in [0, 0.1) is 6.92 Å². The van der Waals surface area contributed by atoms with Gasteiger partial charge < -0.3 is 15.2 Å². The molecule has 2 atom stereocenters. The lowest BCUT2D eigenvalue weighted by atomic mass is 10.2. The molecule has 0 saturated carbocycles. The molecule has 2 N–H and O–H groups in total. The summed E-state index contributed by atoms with van der Waals surface area (Å²) in [5.74, 6) is 0.256. The first-order valence-corrected chi connectivity index (χ1v) is 5.94. The molecule has 2 aromatic heterocycles. The number of nitrogens with zero attached hydrogens (tertiary/aromatic N) is 4. The Labute approximate surface area is 108 Å². The minimum absolute atomic E-state index is 0.225. The Morgan fingerprint density at radius 3 is 3.16 bits per heavy atom. The first kappa shape index (κ1) is 11.8. The number of aliphatic carboxylic acids is 1. The summed E-state index contributed by atoms with van der Waals surface area (Å²) in [7, 11) is 0. The number of hydrogen-bond donors (Lipinski definition) is 2. The zero-order valence-corrected chi connectivity index (χ0v) is 10.3. The molecule has 1 aliphatic heterocycles. The Balaban J connectivity index is 1.81. The van der Waals surface area contributed by atoms with Gasteiger partial charge in [-0.3, -0.25) is 9.20 Å². The van der Waals surface area contributed by atoms with E-state index < -0.39 is 12.0 Å². The molecule has 0 spiro atoms. The predicted octanol–water partition coefficient (Wildman–Crippen LogP) is -0.373. The van der Waals surface area contributed by atoms with E-state index in [0.29, 0.717) is 24.5 Å². The van der Waals surface area contributed by atoms with E-state index in [2.05, 4.69) is 20.5 Å². The zero-order chi connectivity index (χ0) is 13.4. The van der Waals surface area contributed by atoms with Crippen molar-refractivity contribution in [1.29, 1.82) is 0 Å². The summed E-state index contributed by atoms with van der Waals surface area (Å²) in [5, 5.41) is 19.8. The highest BCUT2D eigenvalue weighted by Crippen LogP contribution is 2.19. The first-order chi connectivity index (χ1) is 9.15. The summed E-state index contributed by atoms with van der Waals surface area (Å²) in [6, 6.07) is -0.565. The van der Waals surface area contributed by atoms with E-state index in [-0.39, 0.29) is 6.10 Å². The van der Waals surface area contributed by atoms with Crippen LogP contribution in [0.2, 0.25) is 0 Å². The van der Waals surface area contributed by atoms with Gasteiger partial charge in [-0.25, -0.2) is 4.98 Å². The molecular formula is C11H13N5O3. The van der Waals surface area contributed by atoms with Gasteiger partial charge in [0.15, 0.2) is 0 Å². The van der Waals surface area contributed by atoms with Crippen LogP contribution < -0.4 is 10.1 Å². The van der Waals surface area contributed by atoms with Crippen molar-refractivity contribution in [2.45, 2.75) is 25.5 Å². The lowest BCUT2D eigenvalue weighted by molar-refractivity contribution is -0.139. The highest BCUT2D eigenvalue weighted by molar-refractivity contribution is 5.73. The third-order valence-electron chi connectivity index (χ3n) is 3.13. The van der Waals surface area contributed by atoms with Gasteiger partial charge in [0.2, 0.25) is 5.65 Å². The molecule has 0 aliphatic carbocycles. The van der Waals surface area contributed by atoms with E-state index >= 15 is 0 Å². The van der Waals surface area contributed by atoms with E-state index in [9.17, 15) is 4.79 Å². The number of ether oxygens (including phenoxy) is 1. The minimum Gasteiger partial charge on any atom is -0.480 e. The molecule has 2 unspecified atom stereocenters. The van der Waals surface area contributed by atoms with Crippen LogP contribution in [0.15, 0.2) is 12.4 Å². The quantitative estimate of drug-likeness (QED) is 0.778. The fourth-order valence-corrected chi connectivity index (χ4v) is 2.14. The van der Waals surface area contributed by atoms with E-state index in [1.165, 1.54) is 0 Å². The number of carbonyl (C=O) groups is 1. The van der Waals surface area contributed by atoms with Gasteiger partial charge in [0.05, 0.1) is 0 Å². The highest BCUT2D eigenvalue weighted by atomic mass is 16.5. The second kappa shape index (κ2) is 4.47. The van der Waals surface area contributed by atoms with Crippen molar-refractivity contribution in [3.05, 3.63) is 18.2 Å². The number of fused-ring (bicyclic) bond motifs is 1. The number of nitrogens with one attached hydrogen (secondary N) is 1. The summed E-state index contributed by atoms with van der Waals surface area (Å²) in [6.45, 7) is 2.31. The SMILES string of the molecule is Cc1nnc2c(OC3CNC(C(=O)O)C3)nccn12. The molecule has 0 bridgehead atoms. The standard InChI is InChI=1S/C11H13N5O3/c1-6-14-15-9-10(12-2-3-16(6)9)19-7-4-8(11(17)18)13-5-7/h2-3,7-8,13H,4-5H2,1H3,(H,17,18). The molecular weight excluding hydrogens is 250 g/mol. The van der Waals surface area contributed by atoms with Gasteiger partial charge in [0.25, 0.3) is 5.88 Å². The Kier molecular flexibility index (Phi) is 2.79. The maximum atomic E-state index is 10.9. The lowest BCUT2D eigenvalue weighted by Crippen LogP contribution is -2.30. The fourth-order valence-electron chi connectivity index (χ4n) is 2.14. The van der Waals surface area contributed by atoms with Gasteiger partial charge in [0.1, 0.15) is 18.0 Å². The van der Waals surface area contributed by atoms with Gasteiger partial charge in [0, 0.05) is 25.4 Å². The molecule has 3 heterocycles. The summed E-state index contributed by atoms with van der Waals surface area (Å²) in [5.41, 5.74) is 0.541. The number of aryl methyl sites for hydroxylation is 1. The van der Waals surface area contributed by atoms with Crippen molar-refractivity contribution in [1.82, 2.24) is 24.9 Å². The summed E-state index contributed by atoms with van der Waals surface area (Å²) >= 11 is 0. The summed E-state index contributed by atoms with van der Waals surface area (Å²) in [6.07, 6.45) is 3.54. The van der Waals surface area contributed by atoms with Crippen LogP contribution in [0.25, 0.3) is 5.65 Å². The van der Waals surface area contributed by atoms with Crippen LogP contribution in [-0.2, 0) is 4.79 Å². The van der Waals surface area contributed by atoms with Gasteiger partial charge >= 0.3 is 5.97 Å². The molecule has 1 aliphatic rings. The number of hydrogen-bond acceptors (Lipinski definition) is 6. The van der Waals surface area contributed by atoms with Crippen molar-refractivity contribution in [2.24, 2.45) is 0 Å². The van der Waals surface area contributed by atoms with Crippen LogP contribution in [0.5, 0.6) is 5.88 Å². The second-order valence-electron chi connectivity index (χ2n) is 4.45. The highest BCUT2D eigenvalue weighted by Gasteiger charge is 2.31. The van der Waals surface area contributed by atoms with Crippen molar-refractivity contribution in [3.8, 4) is 5.88 Å². The minimum atomic E-state index is -0.865. The molecule has 3 rings (SSSR count). The molecule has 8 heteroatoms. The Morgan fingerprint density at radius 2 is 2.42 bits per heavy atom. The number of carboxylic acids is 1. The topological polar surface area (TPSA) is 102 Å². The molecule has 0 aromatic carbocycles. The Hall–Kier alpha value is -2.22. The van der Waals surface area contributed by atoms with E-state index in [1.807, 2.05) is 6.92 Å². The molecule has 2 aromatic rings. The van der Waals surface area contributed by atoms with Crippen molar-refractivity contribution in [3.63, 3.8) is 0 Å². The number of rotatable bonds is 3. The van der Waals surface area contributed by atoms with E-state index in [0.717, 1.165) is 5.82 Å². The van der Waals surface area contributed by atoms with Crippen molar-refractivity contribution in [2.75, 3.05) is 6.54 Å². The van der Waals surface area contributed by atoms with Crippen LogP contribution in [0.3, 0.4) is 0 Å². The van der Waals surface area contributed by atoms with Crippen LogP contribution in [0.4, 0.5) is 0 Å². The van der Waals surface area contributed by atoms with Crippen LogP contribution in [0.1, 0.15) is 12.2 Å². The average molecular weight is 263 g/mol.